The molecule has 0 saturated carbocycles. The smallest absolute Gasteiger partial charge is 0.251 e. The number of hydrogen-bond acceptors (Lipinski definition) is 7. The summed E-state index contributed by atoms with van der Waals surface area (Å²) in [6, 6.07) is 5.99. The molecule has 10 nitrogen and oxygen atoms in total. The van der Waals surface area contributed by atoms with E-state index in [2.05, 4.69) is 20.7 Å². The number of amides is 2. The number of aromatic nitrogens is 3. The Morgan fingerprint density at radius 2 is 2.03 bits per heavy atom. The molecule has 168 valence electrons. The largest absolute Gasteiger partial charge is 0.347 e. The Morgan fingerprint density at radius 1 is 1.22 bits per heavy atom. The average Bonchev–Trinajstić information content (AvgIpc) is 3.50. The van der Waals surface area contributed by atoms with Gasteiger partial charge in [0.1, 0.15) is 4.90 Å². The van der Waals surface area contributed by atoms with Crippen LogP contribution in [0, 0.1) is 0 Å². The average molecular weight is 475 g/mol. The van der Waals surface area contributed by atoms with Gasteiger partial charge in [-0.25, -0.2) is 18.1 Å². The highest BCUT2D eigenvalue weighted by Gasteiger charge is 2.28. The molecule has 0 spiro atoms. The van der Waals surface area contributed by atoms with Gasteiger partial charge in [-0.05, 0) is 37.1 Å². The van der Waals surface area contributed by atoms with Gasteiger partial charge in [0.25, 0.3) is 5.91 Å². The van der Waals surface area contributed by atoms with E-state index in [1.54, 1.807) is 29.3 Å². The van der Waals surface area contributed by atoms with Gasteiger partial charge in [-0.1, -0.05) is 17.8 Å². The van der Waals surface area contributed by atoms with Crippen LogP contribution in [0.1, 0.15) is 34.5 Å². The Kier molecular flexibility index (Phi) is 6.63. The van der Waals surface area contributed by atoms with Gasteiger partial charge in [0.2, 0.25) is 21.6 Å². The zero-order valence-electron chi connectivity index (χ0n) is 17.1. The molecule has 1 aliphatic rings. The maximum atomic E-state index is 13.0. The molecular formula is C20H22N6O4S2. The van der Waals surface area contributed by atoms with Crippen molar-refractivity contribution >= 4 is 39.4 Å². The number of thiazole rings is 1. The molecule has 0 aliphatic carbocycles. The van der Waals surface area contributed by atoms with Crippen molar-refractivity contribution in [2.75, 3.05) is 18.4 Å². The van der Waals surface area contributed by atoms with E-state index in [1.807, 2.05) is 0 Å². The van der Waals surface area contributed by atoms with Crippen LogP contribution in [0.2, 0.25) is 0 Å². The zero-order chi connectivity index (χ0) is 22.6. The van der Waals surface area contributed by atoms with Crippen LogP contribution in [0.15, 0.2) is 47.8 Å². The van der Waals surface area contributed by atoms with Crippen LogP contribution in [0.25, 0.3) is 5.13 Å². The van der Waals surface area contributed by atoms with Gasteiger partial charge in [0, 0.05) is 42.1 Å². The zero-order valence-corrected chi connectivity index (χ0v) is 18.7. The normalized spacial score (nSPS) is 14.8. The number of piperidine rings is 1. The number of rotatable bonds is 8. The highest BCUT2D eigenvalue weighted by Crippen LogP contribution is 2.28. The van der Waals surface area contributed by atoms with E-state index in [0.29, 0.717) is 24.6 Å². The predicted molar refractivity (Wildman–Crippen MR) is 119 cm³/mol. The van der Waals surface area contributed by atoms with Crippen LogP contribution < -0.4 is 10.6 Å². The fraction of sp³-hybridized carbons (Fsp3) is 0.300. The van der Waals surface area contributed by atoms with Gasteiger partial charge >= 0.3 is 0 Å². The first-order valence-electron chi connectivity index (χ1n) is 10.1. The number of nitrogens with one attached hydrogen (secondary N) is 2. The van der Waals surface area contributed by atoms with Crippen LogP contribution in [0.3, 0.4) is 0 Å². The van der Waals surface area contributed by atoms with Crippen LogP contribution in [0.4, 0.5) is 5.69 Å². The summed E-state index contributed by atoms with van der Waals surface area (Å²) in [5.41, 5.74) is 0.320. The van der Waals surface area contributed by atoms with Crippen LogP contribution in [-0.4, -0.2) is 52.9 Å². The number of benzene rings is 1. The van der Waals surface area contributed by atoms with E-state index in [4.69, 9.17) is 0 Å². The lowest BCUT2D eigenvalue weighted by Gasteiger charge is -2.26. The molecule has 3 heterocycles. The first-order valence-corrected chi connectivity index (χ1v) is 12.3. The fourth-order valence-electron chi connectivity index (χ4n) is 3.45. The maximum absolute atomic E-state index is 13.0. The standard InChI is InChI=1S/C20H22N6O4S2/c27-14-23-17-11-15(5-6-18(17)32(29,30)25-8-2-1-3-9-25)19(28)21-12-16-13-22-20(31-16)26-10-4-7-24-26/h4-7,10-11,13-14H,1-3,8-9,12H2,(H,21,28)(H,23,27). The molecule has 32 heavy (non-hydrogen) atoms. The SMILES string of the molecule is O=CNc1cc(C(=O)NCc2cnc(-n3cccn3)s2)ccc1S(=O)(=O)N1CCCCC1. The molecule has 1 saturated heterocycles. The molecule has 3 aromatic rings. The van der Waals surface area contributed by atoms with E-state index in [-0.39, 0.29) is 22.7 Å². The Balaban J connectivity index is 1.49. The van der Waals surface area contributed by atoms with Crippen molar-refractivity contribution in [3.8, 4) is 5.13 Å². The third-order valence-corrected chi connectivity index (χ3v) is 8.00. The number of sulfonamides is 1. The Labute approximate surface area is 189 Å². The lowest BCUT2D eigenvalue weighted by atomic mass is 10.2. The van der Waals surface area contributed by atoms with Gasteiger partial charge in [0.15, 0.2) is 0 Å². The molecule has 12 heteroatoms. The first-order chi connectivity index (χ1) is 15.5. The molecule has 1 fully saturated rings. The lowest BCUT2D eigenvalue weighted by Crippen LogP contribution is -2.36. The molecule has 1 aromatic carbocycles. The molecule has 2 amide bonds. The second-order valence-electron chi connectivity index (χ2n) is 7.18. The van der Waals surface area contributed by atoms with Crippen LogP contribution in [0.5, 0.6) is 0 Å². The summed E-state index contributed by atoms with van der Waals surface area (Å²) >= 11 is 1.39. The molecule has 4 rings (SSSR count). The third kappa shape index (κ3) is 4.71. The second-order valence-corrected chi connectivity index (χ2v) is 10.2. The van der Waals surface area contributed by atoms with E-state index in [1.165, 1.54) is 33.8 Å². The van der Waals surface area contributed by atoms with Gasteiger partial charge in [-0.2, -0.15) is 9.40 Å². The molecule has 0 unspecified atom stereocenters. The number of carbonyl (C=O) groups is 2. The Bertz CT molecular complexity index is 1200. The minimum atomic E-state index is -3.77. The van der Waals surface area contributed by atoms with Crippen molar-refractivity contribution in [1.29, 1.82) is 0 Å². The van der Waals surface area contributed by atoms with Crippen molar-refractivity contribution in [2.45, 2.75) is 30.7 Å². The summed E-state index contributed by atoms with van der Waals surface area (Å²) in [4.78, 5) is 28.8. The van der Waals surface area contributed by atoms with Crippen molar-refractivity contribution in [2.24, 2.45) is 0 Å². The van der Waals surface area contributed by atoms with Crippen molar-refractivity contribution < 1.29 is 18.0 Å². The highest BCUT2D eigenvalue weighted by molar-refractivity contribution is 7.89. The van der Waals surface area contributed by atoms with E-state index in [9.17, 15) is 18.0 Å². The van der Waals surface area contributed by atoms with Gasteiger partial charge < -0.3 is 10.6 Å². The quantitative estimate of drug-likeness (QED) is 0.481. The summed E-state index contributed by atoms with van der Waals surface area (Å²) in [5.74, 6) is -0.394. The minimum Gasteiger partial charge on any atom is -0.347 e. The van der Waals surface area contributed by atoms with Crippen molar-refractivity contribution in [3.05, 3.63) is 53.3 Å². The highest BCUT2D eigenvalue weighted by atomic mass is 32.2. The maximum Gasteiger partial charge on any atom is 0.251 e. The first kappa shape index (κ1) is 22.1. The summed E-state index contributed by atoms with van der Waals surface area (Å²) in [6.45, 7) is 1.14. The minimum absolute atomic E-state index is 0.0191. The summed E-state index contributed by atoms with van der Waals surface area (Å²) in [5, 5.41) is 10.0. The van der Waals surface area contributed by atoms with E-state index in [0.717, 1.165) is 24.1 Å². The molecule has 0 radical (unpaired) electrons. The van der Waals surface area contributed by atoms with Crippen LogP contribution in [-0.2, 0) is 21.4 Å². The van der Waals surface area contributed by atoms with Crippen molar-refractivity contribution in [1.82, 2.24) is 24.4 Å². The number of carbonyl (C=O) groups excluding carboxylic acids is 2. The Morgan fingerprint density at radius 3 is 2.75 bits per heavy atom. The molecule has 0 atom stereocenters. The van der Waals surface area contributed by atoms with Crippen molar-refractivity contribution in [3.63, 3.8) is 0 Å². The molecule has 2 aromatic heterocycles. The van der Waals surface area contributed by atoms with Gasteiger partial charge in [-0.15, -0.1) is 0 Å². The summed E-state index contributed by atoms with van der Waals surface area (Å²) in [6.07, 6.45) is 8.10. The number of anilines is 1. The Hall–Kier alpha value is -3.09. The number of hydrogen-bond donors (Lipinski definition) is 2. The van der Waals surface area contributed by atoms with Crippen LogP contribution >= 0.6 is 11.3 Å². The number of nitrogens with zero attached hydrogens (tertiary/aromatic N) is 4. The second kappa shape index (κ2) is 9.59. The lowest BCUT2D eigenvalue weighted by molar-refractivity contribution is -0.105. The monoisotopic (exact) mass is 474 g/mol. The molecule has 0 bridgehead atoms. The summed E-state index contributed by atoms with van der Waals surface area (Å²) in [7, 11) is -3.77. The molecular weight excluding hydrogens is 452 g/mol. The fourth-order valence-corrected chi connectivity index (χ4v) is 5.90. The van der Waals surface area contributed by atoms with Gasteiger partial charge in [-0.3, -0.25) is 9.59 Å². The van der Waals surface area contributed by atoms with E-state index >= 15 is 0 Å². The summed E-state index contributed by atoms with van der Waals surface area (Å²) < 4.78 is 29.1. The predicted octanol–water partition coefficient (Wildman–Crippen LogP) is 2.00. The topological polar surface area (TPSA) is 126 Å². The van der Waals surface area contributed by atoms with Gasteiger partial charge in [0.05, 0.1) is 12.2 Å². The molecule has 1 aliphatic heterocycles. The van der Waals surface area contributed by atoms with E-state index < -0.39 is 15.9 Å². The molecule has 2 N–H and O–H groups in total. The third-order valence-electron chi connectivity index (χ3n) is 5.05.